The molecule has 0 saturated carbocycles. The molecule has 118 valence electrons. The van der Waals surface area contributed by atoms with Crippen molar-refractivity contribution in [2.24, 2.45) is 0 Å². The first kappa shape index (κ1) is 14.0. The van der Waals surface area contributed by atoms with E-state index in [1.54, 1.807) is 0 Å². The van der Waals surface area contributed by atoms with Gasteiger partial charge in [-0.25, -0.2) is 0 Å². The van der Waals surface area contributed by atoms with Gasteiger partial charge in [0, 0.05) is 28.1 Å². The van der Waals surface area contributed by atoms with E-state index in [4.69, 9.17) is 4.42 Å². The van der Waals surface area contributed by atoms with E-state index < -0.39 is 0 Å². The zero-order chi connectivity index (χ0) is 16.6. The smallest absolute Gasteiger partial charge is 0.144 e. The van der Waals surface area contributed by atoms with Crippen LogP contribution in [0.2, 0.25) is 0 Å². The maximum absolute atomic E-state index is 6.38. The van der Waals surface area contributed by atoms with Crippen molar-refractivity contribution >= 4 is 21.9 Å². The van der Waals surface area contributed by atoms with Gasteiger partial charge in [-0.2, -0.15) is 0 Å². The quantitative estimate of drug-likeness (QED) is 0.380. The summed E-state index contributed by atoms with van der Waals surface area (Å²) in [4.78, 5) is 4.49. The Balaban J connectivity index is 1.85. The van der Waals surface area contributed by atoms with Crippen LogP contribution in [-0.4, -0.2) is 4.98 Å². The van der Waals surface area contributed by atoms with Gasteiger partial charge < -0.3 is 4.42 Å². The molecule has 2 heteroatoms. The average Bonchev–Trinajstić information content (AvgIpc) is 3.08. The molecule has 2 nitrogen and oxygen atoms in total. The lowest BCUT2D eigenvalue weighted by Crippen LogP contribution is -1.81. The fraction of sp³-hybridized carbons (Fsp3) is 0. The Morgan fingerprint density at radius 3 is 1.96 bits per heavy atom. The molecule has 3 aromatic carbocycles. The monoisotopic (exact) mass is 321 g/mol. The Morgan fingerprint density at radius 1 is 0.560 bits per heavy atom. The third kappa shape index (κ3) is 2.23. The first-order chi connectivity index (χ1) is 12.4. The van der Waals surface area contributed by atoms with E-state index in [0.29, 0.717) is 0 Å². The molecule has 25 heavy (non-hydrogen) atoms. The third-order valence-corrected chi connectivity index (χ3v) is 4.55. The molecule has 0 saturated heterocycles. The number of rotatable bonds is 2. The van der Waals surface area contributed by atoms with Gasteiger partial charge >= 0.3 is 0 Å². The molecule has 0 spiro atoms. The molecule has 0 amide bonds. The lowest BCUT2D eigenvalue weighted by molar-refractivity contribution is 0.671. The molecule has 0 aliphatic heterocycles. The Bertz CT molecular complexity index is 1080. The molecule has 0 atom stereocenters. The number of fused-ring (bicyclic) bond motifs is 3. The summed E-state index contributed by atoms with van der Waals surface area (Å²) in [5, 5.41) is 2.25. The van der Waals surface area contributed by atoms with Crippen LogP contribution >= 0.6 is 0 Å². The number of para-hydroxylation sites is 2. The Kier molecular flexibility index (Phi) is 3.14. The van der Waals surface area contributed by atoms with E-state index in [0.717, 1.165) is 44.3 Å². The van der Waals surface area contributed by atoms with Crippen molar-refractivity contribution in [3.8, 4) is 22.4 Å². The summed E-state index contributed by atoms with van der Waals surface area (Å²) in [5.74, 6) is 0. The fourth-order valence-corrected chi connectivity index (χ4v) is 3.39. The lowest BCUT2D eigenvalue weighted by atomic mass is 10.0. The highest BCUT2D eigenvalue weighted by molar-refractivity contribution is 6.12. The highest BCUT2D eigenvalue weighted by atomic mass is 16.3. The van der Waals surface area contributed by atoms with E-state index in [-0.39, 0.29) is 0 Å². The number of aromatic nitrogens is 1. The molecule has 0 bridgehead atoms. The van der Waals surface area contributed by atoms with Gasteiger partial charge in [-0.15, -0.1) is 0 Å². The molecule has 5 aromatic rings. The minimum atomic E-state index is 0.889. The molecule has 5 rings (SSSR count). The van der Waals surface area contributed by atoms with Crippen molar-refractivity contribution in [2.75, 3.05) is 0 Å². The summed E-state index contributed by atoms with van der Waals surface area (Å²) in [5.41, 5.74) is 6.03. The molecule has 2 heterocycles. The standard InChI is InChI=1S/C23H15NO/c1-2-8-16(9-3-1)17-10-6-11-18-19-12-7-13-20(23(19)25-22(17)18)21-14-4-5-15-24-21/h1-15H. The molecule has 0 unspecified atom stereocenters. The van der Waals surface area contributed by atoms with Crippen LogP contribution in [0.15, 0.2) is 95.5 Å². The fourth-order valence-electron chi connectivity index (χ4n) is 3.39. The number of nitrogens with zero attached hydrogens (tertiary/aromatic N) is 1. The summed E-state index contributed by atoms with van der Waals surface area (Å²) < 4.78 is 6.38. The van der Waals surface area contributed by atoms with Gasteiger partial charge in [-0.3, -0.25) is 4.98 Å². The van der Waals surface area contributed by atoms with Gasteiger partial charge in [0.15, 0.2) is 0 Å². The van der Waals surface area contributed by atoms with E-state index in [1.807, 2.05) is 30.5 Å². The van der Waals surface area contributed by atoms with Crippen LogP contribution in [0.25, 0.3) is 44.3 Å². The maximum atomic E-state index is 6.38. The van der Waals surface area contributed by atoms with Crippen LogP contribution < -0.4 is 0 Å². The zero-order valence-corrected chi connectivity index (χ0v) is 13.5. The second-order valence-electron chi connectivity index (χ2n) is 6.05. The van der Waals surface area contributed by atoms with E-state index in [9.17, 15) is 0 Å². The van der Waals surface area contributed by atoms with Crippen molar-refractivity contribution in [1.82, 2.24) is 4.98 Å². The predicted octanol–water partition coefficient (Wildman–Crippen LogP) is 6.32. The number of hydrogen-bond acceptors (Lipinski definition) is 2. The van der Waals surface area contributed by atoms with Crippen LogP contribution in [0.4, 0.5) is 0 Å². The topological polar surface area (TPSA) is 26.0 Å². The Hall–Kier alpha value is -3.39. The van der Waals surface area contributed by atoms with Crippen LogP contribution in [0, 0.1) is 0 Å². The molecule has 2 aromatic heterocycles. The maximum Gasteiger partial charge on any atom is 0.144 e. The largest absolute Gasteiger partial charge is 0.455 e. The van der Waals surface area contributed by atoms with Crippen LogP contribution in [0.3, 0.4) is 0 Å². The Morgan fingerprint density at radius 2 is 1.24 bits per heavy atom. The van der Waals surface area contributed by atoms with Gasteiger partial charge in [-0.05, 0) is 23.8 Å². The third-order valence-electron chi connectivity index (χ3n) is 4.55. The summed E-state index contributed by atoms with van der Waals surface area (Å²) in [6.45, 7) is 0. The van der Waals surface area contributed by atoms with Gasteiger partial charge in [0.1, 0.15) is 11.2 Å². The van der Waals surface area contributed by atoms with Crippen molar-refractivity contribution < 1.29 is 4.42 Å². The number of furan rings is 1. The molecular weight excluding hydrogens is 306 g/mol. The number of hydrogen-bond donors (Lipinski definition) is 0. The summed E-state index contributed by atoms with van der Waals surface area (Å²) in [7, 11) is 0. The first-order valence-corrected chi connectivity index (χ1v) is 8.33. The number of pyridine rings is 1. The van der Waals surface area contributed by atoms with Gasteiger partial charge in [-0.1, -0.05) is 66.7 Å². The van der Waals surface area contributed by atoms with Gasteiger partial charge in [0.2, 0.25) is 0 Å². The predicted molar refractivity (Wildman–Crippen MR) is 102 cm³/mol. The molecule has 0 aliphatic rings. The average molecular weight is 321 g/mol. The Labute approximate surface area is 145 Å². The van der Waals surface area contributed by atoms with E-state index in [2.05, 4.69) is 65.6 Å². The summed E-state index contributed by atoms with van der Waals surface area (Å²) >= 11 is 0. The van der Waals surface area contributed by atoms with E-state index in [1.165, 1.54) is 0 Å². The molecule has 0 fully saturated rings. The summed E-state index contributed by atoms with van der Waals surface area (Å²) in [6, 6.07) is 28.9. The first-order valence-electron chi connectivity index (χ1n) is 8.33. The van der Waals surface area contributed by atoms with Crippen LogP contribution in [0.5, 0.6) is 0 Å². The van der Waals surface area contributed by atoms with Gasteiger partial charge in [0.05, 0.1) is 5.69 Å². The second-order valence-corrected chi connectivity index (χ2v) is 6.05. The highest BCUT2D eigenvalue weighted by Gasteiger charge is 2.15. The SMILES string of the molecule is c1ccc(-c2cccc3c2oc2c(-c4ccccn4)cccc23)cc1. The molecule has 0 aliphatic carbocycles. The minimum absolute atomic E-state index is 0.889. The van der Waals surface area contributed by atoms with Crippen molar-refractivity contribution in [1.29, 1.82) is 0 Å². The van der Waals surface area contributed by atoms with Crippen molar-refractivity contribution in [3.63, 3.8) is 0 Å². The molecule has 0 radical (unpaired) electrons. The second kappa shape index (κ2) is 5.60. The minimum Gasteiger partial charge on any atom is -0.455 e. The zero-order valence-electron chi connectivity index (χ0n) is 13.5. The van der Waals surface area contributed by atoms with Crippen LogP contribution in [-0.2, 0) is 0 Å². The lowest BCUT2D eigenvalue weighted by Gasteiger charge is -2.02. The van der Waals surface area contributed by atoms with Crippen molar-refractivity contribution in [3.05, 3.63) is 91.1 Å². The van der Waals surface area contributed by atoms with Crippen molar-refractivity contribution in [2.45, 2.75) is 0 Å². The van der Waals surface area contributed by atoms with Gasteiger partial charge in [0.25, 0.3) is 0 Å². The van der Waals surface area contributed by atoms with Crippen LogP contribution in [0.1, 0.15) is 0 Å². The molecule has 0 N–H and O–H groups in total. The van der Waals surface area contributed by atoms with E-state index >= 15 is 0 Å². The number of benzene rings is 3. The molecular formula is C23H15NO. The highest BCUT2D eigenvalue weighted by Crippen LogP contribution is 2.39. The normalized spacial score (nSPS) is 11.2. The summed E-state index contributed by atoms with van der Waals surface area (Å²) in [6.07, 6.45) is 1.81.